The second-order valence-corrected chi connectivity index (χ2v) is 6.09. The summed E-state index contributed by atoms with van der Waals surface area (Å²) >= 11 is 0. The second-order valence-electron chi connectivity index (χ2n) is 6.09. The number of likely N-dealkylation sites (tertiary alicyclic amines) is 1. The van der Waals surface area contributed by atoms with Crippen LogP contribution in [-0.4, -0.2) is 49.3 Å². The van der Waals surface area contributed by atoms with Gasteiger partial charge in [-0.05, 0) is 77.2 Å². The number of nitrogens with zero attached hydrogens (tertiary/aromatic N) is 1. The molecule has 2 N–H and O–H groups in total. The van der Waals surface area contributed by atoms with Crippen LogP contribution in [0.15, 0.2) is 0 Å². The van der Waals surface area contributed by atoms with Crippen LogP contribution in [0.1, 0.15) is 38.5 Å². The Labute approximate surface area is 106 Å². The van der Waals surface area contributed by atoms with Crippen molar-refractivity contribution in [2.24, 2.45) is 11.8 Å². The van der Waals surface area contributed by atoms with E-state index in [4.69, 9.17) is 0 Å². The minimum Gasteiger partial charge on any atom is -0.393 e. The molecule has 1 heterocycles. The average Bonchev–Trinajstić information content (AvgIpc) is 2.32. The van der Waals surface area contributed by atoms with Crippen LogP contribution >= 0.6 is 0 Å². The standard InChI is InChI=1S/C14H28N2O/c1-16-7-5-12(6-8-16)10-15-11-13-3-2-4-14(17)9-13/h12-15,17H,2-11H2,1H3. The molecule has 3 nitrogen and oxygen atoms in total. The summed E-state index contributed by atoms with van der Waals surface area (Å²) < 4.78 is 0. The van der Waals surface area contributed by atoms with Gasteiger partial charge in [-0.25, -0.2) is 0 Å². The van der Waals surface area contributed by atoms with Gasteiger partial charge in [0.05, 0.1) is 6.10 Å². The second kappa shape index (κ2) is 6.72. The largest absolute Gasteiger partial charge is 0.393 e. The van der Waals surface area contributed by atoms with Crippen LogP contribution in [0.5, 0.6) is 0 Å². The summed E-state index contributed by atoms with van der Waals surface area (Å²) in [6.45, 7) is 4.81. The Morgan fingerprint density at radius 3 is 2.47 bits per heavy atom. The highest BCUT2D eigenvalue weighted by molar-refractivity contribution is 4.76. The Bertz CT molecular complexity index is 214. The third kappa shape index (κ3) is 4.57. The van der Waals surface area contributed by atoms with Crippen molar-refractivity contribution in [2.45, 2.75) is 44.6 Å². The smallest absolute Gasteiger partial charge is 0.0543 e. The lowest BCUT2D eigenvalue weighted by molar-refractivity contribution is 0.0997. The molecular formula is C14H28N2O. The molecule has 0 aromatic heterocycles. The molecule has 1 saturated carbocycles. The van der Waals surface area contributed by atoms with E-state index in [0.717, 1.165) is 25.3 Å². The van der Waals surface area contributed by atoms with Gasteiger partial charge in [-0.2, -0.15) is 0 Å². The van der Waals surface area contributed by atoms with E-state index in [0.29, 0.717) is 5.92 Å². The van der Waals surface area contributed by atoms with Crippen LogP contribution in [0.2, 0.25) is 0 Å². The molecule has 1 aliphatic heterocycles. The maximum Gasteiger partial charge on any atom is 0.0543 e. The molecule has 100 valence electrons. The molecule has 0 spiro atoms. The first kappa shape index (κ1) is 13.3. The molecule has 2 aliphatic rings. The molecule has 2 rings (SSSR count). The highest BCUT2D eigenvalue weighted by atomic mass is 16.3. The van der Waals surface area contributed by atoms with Crippen molar-refractivity contribution >= 4 is 0 Å². The van der Waals surface area contributed by atoms with Crippen LogP contribution in [-0.2, 0) is 0 Å². The number of hydrogen-bond acceptors (Lipinski definition) is 3. The van der Waals surface area contributed by atoms with E-state index in [2.05, 4.69) is 17.3 Å². The summed E-state index contributed by atoms with van der Waals surface area (Å²) in [5.41, 5.74) is 0. The maximum atomic E-state index is 9.62. The molecule has 17 heavy (non-hydrogen) atoms. The van der Waals surface area contributed by atoms with Gasteiger partial charge >= 0.3 is 0 Å². The number of hydrogen-bond donors (Lipinski definition) is 2. The van der Waals surface area contributed by atoms with Gasteiger partial charge in [0, 0.05) is 0 Å². The van der Waals surface area contributed by atoms with Crippen molar-refractivity contribution < 1.29 is 5.11 Å². The zero-order valence-corrected chi connectivity index (χ0v) is 11.2. The lowest BCUT2D eigenvalue weighted by atomic mass is 9.87. The zero-order chi connectivity index (χ0) is 12.1. The molecule has 1 saturated heterocycles. The SMILES string of the molecule is CN1CCC(CNCC2CCCC(O)C2)CC1. The summed E-state index contributed by atoms with van der Waals surface area (Å²) in [6, 6.07) is 0. The first-order valence-corrected chi connectivity index (χ1v) is 7.31. The highest BCUT2D eigenvalue weighted by Gasteiger charge is 2.21. The highest BCUT2D eigenvalue weighted by Crippen LogP contribution is 2.23. The fourth-order valence-electron chi connectivity index (χ4n) is 3.21. The molecule has 2 atom stereocenters. The van der Waals surface area contributed by atoms with E-state index in [-0.39, 0.29) is 6.10 Å². The fraction of sp³-hybridized carbons (Fsp3) is 1.00. The molecule has 1 aliphatic carbocycles. The summed E-state index contributed by atoms with van der Waals surface area (Å²) in [5.74, 6) is 1.59. The molecule has 0 aromatic rings. The van der Waals surface area contributed by atoms with E-state index >= 15 is 0 Å². The van der Waals surface area contributed by atoms with Gasteiger partial charge in [0.25, 0.3) is 0 Å². The summed E-state index contributed by atoms with van der Waals surface area (Å²) in [6.07, 6.45) is 7.21. The average molecular weight is 240 g/mol. The van der Waals surface area contributed by atoms with Crippen molar-refractivity contribution in [1.82, 2.24) is 10.2 Å². The Kier molecular flexibility index (Phi) is 5.26. The predicted octanol–water partition coefficient (Wildman–Crippen LogP) is 1.47. The first-order valence-electron chi connectivity index (χ1n) is 7.31. The Morgan fingerprint density at radius 1 is 1.06 bits per heavy atom. The fourth-order valence-corrected chi connectivity index (χ4v) is 3.21. The quantitative estimate of drug-likeness (QED) is 0.781. The summed E-state index contributed by atoms with van der Waals surface area (Å²) in [4.78, 5) is 2.42. The van der Waals surface area contributed by atoms with Gasteiger partial charge in [0.15, 0.2) is 0 Å². The molecule has 3 heteroatoms. The van der Waals surface area contributed by atoms with Crippen LogP contribution in [0.3, 0.4) is 0 Å². The lowest BCUT2D eigenvalue weighted by Crippen LogP contribution is -2.37. The Balaban J connectivity index is 1.56. The van der Waals surface area contributed by atoms with Gasteiger partial charge in [-0.1, -0.05) is 6.42 Å². The van der Waals surface area contributed by atoms with Crippen molar-refractivity contribution in [1.29, 1.82) is 0 Å². The third-order valence-corrected chi connectivity index (χ3v) is 4.46. The lowest BCUT2D eigenvalue weighted by Gasteiger charge is -2.30. The third-order valence-electron chi connectivity index (χ3n) is 4.46. The molecule has 0 bridgehead atoms. The Morgan fingerprint density at radius 2 is 1.76 bits per heavy atom. The Hall–Kier alpha value is -0.120. The monoisotopic (exact) mass is 240 g/mol. The van der Waals surface area contributed by atoms with Crippen molar-refractivity contribution in [3.8, 4) is 0 Å². The van der Waals surface area contributed by atoms with Crippen LogP contribution in [0.25, 0.3) is 0 Å². The van der Waals surface area contributed by atoms with Crippen LogP contribution in [0, 0.1) is 11.8 Å². The minimum atomic E-state index is -0.0288. The predicted molar refractivity (Wildman–Crippen MR) is 71.1 cm³/mol. The van der Waals surface area contributed by atoms with Crippen molar-refractivity contribution in [3.05, 3.63) is 0 Å². The molecular weight excluding hydrogens is 212 g/mol. The molecule has 0 radical (unpaired) electrons. The molecule has 0 aromatic carbocycles. The number of piperidine rings is 1. The van der Waals surface area contributed by atoms with Crippen LogP contribution in [0.4, 0.5) is 0 Å². The molecule has 2 fully saturated rings. The number of aliphatic hydroxyl groups excluding tert-OH is 1. The van der Waals surface area contributed by atoms with Gasteiger partial charge in [-0.15, -0.1) is 0 Å². The number of nitrogens with one attached hydrogen (secondary N) is 1. The van der Waals surface area contributed by atoms with Gasteiger partial charge in [0.2, 0.25) is 0 Å². The number of aliphatic hydroxyl groups is 1. The maximum absolute atomic E-state index is 9.62. The van der Waals surface area contributed by atoms with Gasteiger partial charge < -0.3 is 15.3 Å². The normalized spacial score (nSPS) is 32.8. The van der Waals surface area contributed by atoms with Gasteiger partial charge in [-0.3, -0.25) is 0 Å². The minimum absolute atomic E-state index is 0.0288. The van der Waals surface area contributed by atoms with E-state index in [9.17, 15) is 5.11 Å². The summed E-state index contributed by atoms with van der Waals surface area (Å²) in [5, 5.41) is 13.3. The van der Waals surface area contributed by atoms with Crippen molar-refractivity contribution in [2.75, 3.05) is 33.2 Å². The van der Waals surface area contributed by atoms with Crippen LogP contribution < -0.4 is 5.32 Å². The first-order chi connectivity index (χ1) is 8.24. The van der Waals surface area contributed by atoms with Gasteiger partial charge in [0.1, 0.15) is 0 Å². The topological polar surface area (TPSA) is 35.5 Å². The molecule has 0 amide bonds. The number of rotatable bonds is 4. The summed E-state index contributed by atoms with van der Waals surface area (Å²) in [7, 11) is 2.22. The van der Waals surface area contributed by atoms with E-state index in [1.54, 1.807) is 0 Å². The van der Waals surface area contributed by atoms with E-state index < -0.39 is 0 Å². The zero-order valence-electron chi connectivity index (χ0n) is 11.2. The van der Waals surface area contributed by atoms with Crippen molar-refractivity contribution in [3.63, 3.8) is 0 Å². The van der Waals surface area contributed by atoms with E-state index in [1.165, 1.54) is 45.3 Å². The molecule has 2 unspecified atom stereocenters. The van der Waals surface area contributed by atoms with E-state index in [1.807, 2.05) is 0 Å².